The summed E-state index contributed by atoms with van der Waals surface area (Å²) in [5, 5.41) is 9.03. The molecular weight excluding hydrogens is 327 g/mol. The van der Waals surface area contributed by atoms with E-state index in [0.29, 0.717) is 16.4 Å². The maximum atomic E-state index is 13.0. The number of benzene rings is 2. The number of rotatable bonds is 4. The monoisotopic (exact) mass is 342 g/mol. The maximum Gasteiger partial charge on any atom is 0.142 e. The number of aryl methyl sites for hydroxylation is 2. The van der Waals surface area contributed by atoms with Gasteiger partial charge in [0.1, 0.15) is 11.0 Å². The normalized spacial score (nSPS) is 11.2. The van der Waals surface area contributed by atoms with Crippen LogP contribution in [0.2, 0.25) is 5.15 Å². The molecule has 0 saturated carbocycles. The van der Waals surface area contributed by atoms with Crippen LogP contribution in [0.5, 0.6) is 0 Å². The lowest BCUT2D eigenvalue weighted by Crippen LogP contribution is -1.97. The van der Waals surface area contributed by atoms with Crippen LogP contribution in [-0.4, -0.2) is 16.0 Å². The molecule has 0 atom stereocenters. The predicted octanol–water partition coefficient (Wildman–Crippen LogP) is 4.73. The van der Waals surface area contributed by atoms with E-state index in [1.54, 1.807) is 23.0 Å². The Balaban J connectivity index is 1.82. The number of hydrazone groups is 1. The van der Waals surface area contributed by atoms with Crippen LogP contribution in [0.15, 0.2) is 53.6 Å². The Labute approximate surface area is 144 Å². The summed E-state index contributed by atoms with van der Waals surface area (Å²) in [5.74, 6) is -0.303. The number of nitrogens with zero attached hydrogens (tertiary/aromatic N) is 3. The first kappa shape index (κ1) is 16.2. The van der Waals surface area contributed by atoms with E-state index in [0.717, 1.165) is 11.4 Å². The first-order valence-electron chi connectivity index (χ1n) is 7.41. The molecule has 0 unspecified atom stereocenters. The van der Waals surface area contributed by atoms with Crippen molar-refractivity contribution in [2.24, 2.45) is 5.10 Å². The molecule has 3 aromatic rings. The van der Waals surface area contributed by atoms with E-state index in [9.17, 15) is 4.39 Å². The first-order chi connectivity index (χ1) is 11.5. The van der Waals surface area contributed by atoms with Gasteiger partial charge in [0, 0.05) is 0 Å². The fourth-order valence-corrected chi connectivity index (χ4v) is 2.53. The van der Waals surface area contributed by atoms with Crippen LogP contribution in [0.25, 0.3) is 5.69 Å². The van der Waals surface area contributed by atoms with Gasteiger partial charge in [-0.1, -0.05) is 29.3 Å². The van der Waals surface area contributed by atoms with Crippen LogP contribution in [0.4, 0.5) is 10.1 Å². The van der Waals surface area contributed by atoms with Gasteiger partial charge < -0.3 is 0 Å². The van der Waals surface area contributed by atoms with Crippen molar-refractivity contribution in [2.45, 2.75) is 13.8 Å². The van der Waals surface area contributed by atoms with Gasteiger partial charge in [-0.05, 0) is 50.2 Å². The van der Waals surface area contributed by atoms with E-state index in [4.69, 9.17) is 11.6 Å². The second kappa shape index (κ2) is 6.84. The Hall–Kier alpha value is -2.66. The highest BCUT2D eigenvalue weighted by molar-refractivity contribution is 6.32. The summed E-state index contributed by atoms with van der Waals surface area (Å²) in [6.45, 7) is 3.87. The molecule has 122 valence electrons. The summed E-state index contributed by atoms with van der Waals surface area (Å²) >= 11 is 6.39. The Morgan fingerprint density at radius 2 is 1.75 bits per heavy atom. The van der Waals surface area contributed by atoms with Crippen molar-refractivity contribution in [1.82, 2.24) is 9.78 Å². The first-order valence-corrected chi connectivity index (χ1v) is 7.79. The Kier molecular flexibility index (Phi) is 4.62. The van der Waals surface area contributed by atoms with E-state index in [-0.39, 0.29) is 5.82 Å². The number of aromatic nitrogens is 2. The highest BCUT2D eigenvalue weighted by Crippen LogP contribution is 2.22. The van der Waals surface area contributed by atoms with Gasteiger partial charge in [-0.25, -0.2) is 9.07 Å². The standard InChI is InChI=1S/C18H16ClFN4/c1-12-3-7-15(8-4-12)22-21-11-17-13(2)23-24(18(17)19)16-9-5-14(20)6-10-16/h3-11,22H,1-2H3/b21-11-. The molecule has 2 aromatic carbocycles. The lowest BCUT2D eigenvalue weighted by atomic mass is 10.2. The Morgan fingerprint density at radius 3 is 2.42 bits per heavy atom. The van der Waals surface area contributed by atoms with Crippen LogP contribution in [0.3, 0.4) is 0 Å². The molecular formula is C18H16ClFN4. The number of nitrogens with one attached hydrogen (secondary N) is 1. The third kappa shape index (κ3) is 3.46. The van der Waals surface area contributed by atoms with Crippen molar-refractivity contribution >= 4 is 23.5 Å². The second-order valence-corrected chi connectivity index (χ2v) is 5.77. The molecule has 24 heavy (non-hydrogen) atoms. The van der Waals surface area contributed by atoms with Crippen molar-refractivity contribution < 1.29 is 4.39 Å². The molecule has 0 aliphatic rings. The van der Waals surface area contributed by atoms with Crippen LogP contribution in [0.1, 0.15) is 16.8 Å². The van der Waals surface area contributed by atoms with E-state index in [2.05, 4.69) is 15.6 Å². The lowest BCUT2D eigenvalue weighted by molar-refractivity contribution is 0.627. The molecule has 4 nitrogen and oxygen atoms in total. The summed E-state index contributed by atoms with van der Waals surface area (Å²) in [4.78, 5) is 0. The minimum absolute atomic E-state index is 0.303. The minimum atomic E-state index is -0.303. The van der Waals surface area contributed by atoms with Crippen molar-refractivity contribution in [2.75, 3.05) is 5.43 Å². The zero-order valence-electron chi connectivity index (χ0n) is 13.3. The van der Waals surface area contributed by atoms with Gasteiger partial charge in [0.25, 0.3) is 0 Å². The zero-order valence-corrected chi connectivity index (χ0v) is 14.0. The van der Waals surface area contributed by atoms with Crippen molar-refractivity contribution in [3.8, 4) is 5.69 Å². The van der Waals surface area contributed by atoms with E-state index in [1.165, 1.54) is 17.7 Å². The number of hydrogen-bond acceptors (Lipinski definition) is 3. The highest BCUT2D eigenvalue weighted by Gasteiger charge is 2.13. The van der Waals surface area contributed by atoms with Gasteiger partial charge in [0.05, 0.1) is 28.8 Å². The fraction of sp³-hybridized carbons (Fsp3) is 0.111. The second-order valence-electron chi connectivity index (χ2n) is 5.41. The lowest BCUT2D eigenvalue weighted by Gasteiger charge is -2.02. The fourth-order valence-electron chi connectivity index (χ4n) is 2.21. The topological polar surface area (TPSA) is 42.2 Å². The Morgan fingerprint density at radius 1 is 1.08 bits per heavy atom. The average molecular weight is 343 g/mol. The van der Waals surface area contributed by atoms with E-state index in [1.807, 2.05) is 38.1 Å². The molecule has 1 N–H and O–H groups in total. The van der Waals surface area contributed by atoms with E-state index >= 15 is 0 Å². The van der Waals surface area contributed by atoms with Gasteiger partial charge in [-0.3, -0.25) is 5.43 Å². The van der Waals surface area contributed by atoms with Gasteiger partial charge in [0.2, 0.25) is 0 Å². The zero-order chi connectivity index (χ0) is 17.1. The van der Waals surface area contributed by atoms with Crippen molar-refractivity contribution in [1.29, 1.82) is 0 Å². The predicted molar refractivity (Wildman–Crippen MR) is 95.7 cm³/mol. The number of hydrogen-bond donors (Lipinski definition) is 1. The third-order valence-corrected chi connectivity index (χ3v) is 3.92. The molecule has 0 aliphatic heterocycles. The molecule has 0 saturated heterocycles. The molecule has 1 aromatic heterocycles. The SMILES string of the molecule is Cc1ccc(N/N=C\c2c(C)nn(-c3ccc(F)cc3)c2Cl)cc1. The van der Waals surface area contributed by atoms with Crippen LogP contribution in [0, 0.1) is 19.7 Å². The maximum absolute atomic E-state index is 13.0. The number of anilines is 1. The van der Waals surface area contributed by atoms with Gasteiger partial charge >= 0.3 is 0 Å². The van der Waals surface area contributed by atoms with Crippen molar-refractivity contribution in [3.63, 3.8) is 0 Å². The molecule has 0 fully saturated rings. The molecule has 3 rings (SSSR count). The van der Waals surface area contributed by atoms with Crippen LogP contribution >= 0.6 is 11.6 Å². The van der Waals surface area contributed by atoms with Gasteiger partial charge in [0.15, 0.2) is 0 Å². The highest BCUT2D eigenvalue weighted by atomic mass is 35.5. The molecule has 0 radical (unpaired) electrons. The molecule has 0 spiro atoms. The summed E-state index contributed by atoms with van der Waals surface area (Å²) < 4.78 is 14.6. The largest absolute Gasteiger partial charge is 0.279 e. The average Bonchev–Trinajstić information content (AvgIpc) is 2.85. The summed E-state index contributed by atoms with van der Waals surface area (Å²) in [6.07, 6.45) is 1.63. The smallest absolute Gasteiger partial charge is 0.142 e. The van der Waals surface area contributed by atoms with Crippen LogP contribution < -0.4 is 5.43 Å². The molecule has 6 heteroatoms. The molecule has 0 amide bonds. The van der Waals surface area contributed by atoms with Crippen molar-refractivity contribution in [3.05, 3.63) is 76.3 Å². The summed E-state index contributed by atoms with van der Waals surface area (Å²) in [7, 11) is 0. The number of halogens is 2. The molecule has 0 aliphatic carbocycles. The quantitative estimate of drug-likeness (QED) is 0.550. The third-order valence-electron chi connectivity index (χ3n) is 3.56. The molecule has 0 bridgehead atoms. The Bertz CT molecular complexity index is 867. The minimum Gasteiger partial charge on any atom is -0.279 e. The van der Waals surface area contributed by atoms with Crippen LogP contribution in [-0.2, 0) is 0 Å². The van der Waals surface area contributed by atoms with E-state index < -0.39 is 0 Å². The molecule has 1 heterocycles. The van der Waals surface area contributed by atoms with Gasteiger partial charge in [-0.15, -0.1) is 0 Å². The summed E-state index contributed by atoms with van der Waals surface area (Å²) in [5.41, 5.74) is 7.16. The summed E-state index contributed by atoms with van der Waals surface area (Å²) in [6, 6.07) is 13.9. The van der Waals surface area contributed by atoms with Gasteiger partial charge in [-0.2, -0.15) is 10.2 Å².